The Labute approximate surface area is 159 Å². The third-order valence-electron chi connectivity index (χ3n) is 5.72. The van der Waals surface area contributed by atoms with Crippen molar-refractivity contribution in [3.8, 4) is 11.1 Å². The van der Waals surface area contributed by atoms with Crippen molar-refractivity contribution in [2.75, 3.05) is 0 Å². The number of aryl methyl sites for hydroxylation is 1. The van der Waals surface area contributed by atoms with Gasteiger partial charge in [-0.2, -0.15) is 0 Å². The summed E-state index contributed by atoms with van der Waals surface area (Å²) >= 11 is 0. The van der Waals surface area contributed by atoms with Crippen molar-refractivity contribution >= 4 is 5.57 Å². The Morgan fingerprint density at radius 3 is 2.46 bits per heavy atom. The monoisotopic (exact) mass is 342 g/mol. The maximum absolute atomic E-state index is 3.96. The standard InChI is InChI=1S/C26H30/c1-7-12-19(9-3)20(13-8-2)22-17-25-23(16-18(22)4)21-14-10-11-15-24(21)26(25,5)6/h8-11,13-17H,2,7,12H2,1,3-6H3/b19-9-,20-13+. The predicted molar refractivity (Wildman–Crippen MR) is 116 cm³/mol. The van der Waals surface area contributed by atoms with Gasteiger partial charge in [0.25, 0.3) is 0 Å². The molecule has 0 heteroatoms. The van der Waals surface area contributed by atoms with Crippen LogP contribution in [-0.4, -0.2) is 0 Å². The molecule has 0 saturated heterocycles. The van der Waals surface area contributed by atoms with Crippen molar-refractivity contribution in [1.82, 2.24) is 0 Å². The molecule has 2 aromatic rings. The van der Waals surface area contributed by atoms with Gasteiger partial charge in [-0.3, -0.25) is 0 Å². The second-order valence-electron chi connectivity index (χ2n) is 7.76. The maximum Gasteiger partial charge on any atom is 0.0159 e. The summed E-state index contributed by atoms with van der Waals surface area (Å²) in [6.07, 6.45) is 8.59. The second-order valence-corrected chi connectivity index (χ2v) is 7.76. The highest BCUT2D eigenvalue weighted by atomic mass is 14.4. The van der Waals surface area contributed by atoms with Crippen LogP contribution >= 0.6 is 0 Å². The molecule has 0 nitrogen and oxygen atoms in total. The molecule has 0 radical (unpaired) electrons. The van der Waals surface area contributed by atoms with Gasteiger partial charge in [0, 0.05) is 5.41 Å². The number of hydrogen-bond acceptors (Lipinski definition) is 0. The lowest BCUT2D eigenvalue weighted by atomic mass is 9.80. The number of rotatable bonds is 5. The van der Waals surface area contributed by atoms with Gasteiger partial charge in [-0.15, -0.1) is 0 Å². The zero-order valence-corrected chi connectivity index (χ0v) is 16.8. The number of allylic oxidation sites excluding steroid dienone is 5. The third-order valence-corrected chi connectivity index (χ3v) is 5.72. The van der Waals surface area contributed by atoms with E-state index in [9.17, 15) is 0 Å². The van der Waals surface area contributed by atoms with E-state index >= 15 is 0 Å². The molecule has 0 aliphatic heterocycles. The van der Waals surface area contributed by atoms with Gasteiger partial charge in [-0.05, 0) is 70.9 Å². The molecule has 0 aromatic heterocycles. The van der Waals surface area contributed by atoms with E-state index in [0.29, 0.717) is 0 Å². The molecular formula is C26H30. The van der Waals surface area contributed by atoms with Crippen LogP contribution in [0.3, 0.4) is 0 Å². The van der Waals surface area contributed by atoms with Gasteiger partial charge < -0.3 is 0 Å². The topological polar surface area (TPSA) is 0 Å². The second kappa shape index (κ2) is 7.11. The molecule has 0 bridgehead atoms. The van der Waals surface area contributed by atoms with Gasteiger partial charge in [0.2, 0.25) is 0 Å². The fourth-order valence-corrected chi connectivity index (χ4v) is 4.34. The van der Waals surface area contributed by atoms with Crippen LogP contribution in [-0.2, 0) is 5.41 Å². The Bertz CT molecular complexity index is 904. The lowest BCUT2D eigenvalue weighted by Crippen LogP contribution is -2.15. The minimum Gasteiger partial charge on any atom is -0.0990 e. The Morgan fingerprint density at radius 1 is 1.08 bits per heavy atom. The largest absolute Gasteiger partial charge is 0.0990 e. The van der Waals surface area contributed by atoms with Crippen molar-refractivity contribution < 1.29 is 0 Å². The van der Waals surface area contributed by atoms with Gasteiger partial charge in [-0.1, -0.05) is 82.3 Å². The lowest BCUT2D eigenvalue weighted by molar-refractivity contribution is 0.660. The van der Waals surface area contributed by atoms with Crippen molar-refractivity contribution in [2.45, 2.75) is 52.9 Å². The van der Waals surface area contributed by atoms with Crippen molar-refractivity contribution in [2.24, 2.45) is 0 Å². The molecule has 0 spiro atoms. The first kappa shape index (κ1) is 18.5. The Hall–Kier alpha value is -2.34. The highest BCUT2D eigenvalue weighted by molar-refractivity contribution is 5.87. The van der Waals surface area contributed by atoms with E-state index in [1.165, 1.54) is 44.5 Å². The van der Waals surface area contributed by atoms with Gasteiger partial charge in [0.15, 0.2) is 0 Å². The van der Waals surface area contributed by atoms with Crippen LogP contribution in [0, 0.1) is 6.92 Å². The lowest BCUT2D eigenvalue weighted by Gasteiger charge is -2.23. The molecule has 0 N–H and O–H groups in total. The van der Waals surface area contributed by atoms with Crippen molar-refractivity contribution in [3.63, 3.8) is 0 Å². The summed E-state index contributed by atoms with van der Waals surface area (Å²) in [6, 6.07) is 13.7. The van der Waals surface area contributed by atoms with Crippen LogP contribution in [0.1, 0.15) is 62.8 Å². The molecule has 3 rings (SSSR count). The summed E-state index contributed by atoms with van der Waals surface area (Å²) in [5.41, 5.74) is 11.1. The number of fused-ring (bicyclic) bond motifs is 3. The van der Waals surface area contributed by atoms with Gasteiger partial charge in [0.05, 0.1) is 0 Å². The first-order valence-electron chi connectivity index (χ1n) is 9.69. The first-order valence-corrected chi connectivity index (χ1v) is 9.69. The highest BCUT2D eigenvalue weighted by Crippen LogP contribution is 2.50. The molecule has 26 heavy (non-hydrogen) atoms. The first-order chi connectivity index (χ1) is 12.5. The summed E-state index contributed by atoms with van der Waals surface area (Å²) in [5, 5.41) is 0. The van der Waals surface area contributed by atoms with E-state index in [-0.39, 0.29) is 5.41 Å². The summed E-state index contributed by atoms with van der Waals surface area (Å²) in [7, 11) is 0. The van der Waals surface area contributed by atoms with Gasteiger partial charge >= 0.3 is 0 Å². The Morgan fingerprint density at radius 2 is 1.81 bits per heavy atom. The summed E-state index contributed by atoms with van der Waals surface area (Å²) < 4.78 is 0. The third kappa shape index (κ3) is 2.88. The number of benzene rings is 2. The summed E-state index contributed by atoms with van der Waals surface area (Å²) in [4.78, 5) is 0. The predicted octanol–water partition coefficient (Wildman–Crippen LogP) is 7.62. The van der Waals surface area contributed by atoms with Crippen LogP contribution in [0.4, 0.5) is 0 Å². The van der Waals surface area contributed by atoms with Crippen LogP contribution in [0.25, 0.3) is 16.7 Å². The van der Waals surface area contributed by atoms with E-state index in [4.69, 9.17) is 0 Å². The van der Waals surface area contributed by atoms with Crippen molar-refractivity contribution in [3.05, 3.63) is 89.0 Å². The highest BCUT2D eigenvalue weighted by Gasteiger charge is 2.35. The van der Waals surface area contributed by atoms with Crippen LogP contribution in [0.15, 0.2) is 66.8 Å². The van der Waals surface area contributed by atoms with E-state index in [1.54, 1.807) is 0 Å². The molecule has 2 aromatic carbocycles. The summed E-state index contributed by atoms with van der Waals surface area (Å²) in [5.74, 6) is 0. The smallest absolute Gasteiger partial charge is 0.0159 e. The van der Waals surface area contributed by atoms with Crippen LogP contribution in [0.2, 0.25) is 0 Å². The van der Waals surface area contributed by atoms with E-state index in [2.05, 4.69) is 89.7 Å². The van der Waals surface area contributed by atoms with E-state index < -0.39 is 0 Å². The normalized spacial score (nSPS) is 15.6. The number of hydrogen-bond donors (Lipinski definition) is 0. The van der Waals surface area contributed by atoms with Crippen LogP contribution in [0.5, 0.6) is 0 Å². The zero-order chi connectivity index (χ0) is 18.9. The minimum absolute atomic E-state index is 0.0362. The molecule has 0 unspecified atom stereocenters. The van der Waals surface area contributed by atoms with E-state index in [1.807, 2.05) is 6.08 Å². The molecule has 1 aliphatic rings. The average Bonchev–Trinajstić information content (AvgIpc) is 2.85. The van der Waals surface area contributed by atoms with Crippen molar-refractivity contribution in [1.29, 1.82) is 0 Å². The fourth-order valence-electron chi connectivity index (χ4n) is 4.34. The summed E-state index contributed by atoms with van der Waals surface area (Å²) in [6.45, 7) is 15.3. The molecule has 0 heterocycles. The average molecular weight is 343 g/mol. The molecular weight excluding hydrogens is 312 g/mol. The molecule has 0 saturated carbocycles. The SMILES string of the molecule is C=C/C=C(\C(=C/C)CCC)c1cc2c(cc1C)-c1ccccc1C2(C)C. The quantitative estimate of drug-likeness (QED) is 0.490. The molecule has 0 atom stereocenters. The molecule has 134 valence electrons. The van der Waals surface area contributed by atoms with Gasteiger partial charge in [-0.25, -0.2) is 0 Å². The fraction of sp³-hybridized carbons (Fsp3) is 0.308. The zero-order valence-electron chi connectivity index (χ0n) is 16.8. The van der Waals surface area contributed by atoms with E-state index in [0.717, 1.165) is 12.8 Å². The van der Waals surface area contributed by atoms with Gasteiger partial charge in [0.1, 0.15) is 0 Å². The molecule has 0 amide bonds. The minimum atomic E-state index is 0.0362. The Balaban J connectivity index is 2.23. The van der Waals surface area contributed by atoms with Crippen LogP contribution < -0.4 is 0 Å². The maximum atomic E-state index is 3.96. The Kier molecular flexibility index (Phi) is 5.05. The molecule has 0 fully saturated rings. The molecule has 1 aliphatic carbocycles.